The molecule has 1 aromatic carbocycles. The third-order valence-corrected chi connectivity index (χ3v) is 4.27. The molecule has 2 saturated heterocycles. The summed E-state index contributed by atoms with van der Waals surface area (Å²) in [5.41, 5.74) is 0.609. The van der Waals surface area contributed by atoms with Crippen molar-refractivity contribution in [1.82, 2.24) is 5.32 Å². The minimum Gasteiger partial charge on any atom is -0.394 e. The summed E-state index contributed by atoms with van der Waals surface area (Å²) in [5.74, 6) is -1.17. The number of fused-ring (bicyclic) bond motifs is 1. The van der Waals surface area contributed by atoms with Gasteiger partial charge in [-0.15, -0.1) is 0 Å². The fraction of sp³-hybridized carbons (Fsp3) is 0.562. The number of halogens is 1. The molecule has 0 unspecified atom stereocenters. The summed E-state index contributed by atoms with van der Waals surface area (Å²) in [6, 6.07) is 5.20. The summed E-state index contributed by atoms with van der Waals surface area (Å²) in [5, 5.41) is 25.5. The summed E-state index contributed by atoms with van der Waals surface area (Å²) in [6.45, 7) is 3.06. The summed E-state index contributed by atoms with van der Waals surface area (Å²) >= 11 is 5.29. The number of thiocarbonyl (C=S) groups is 1. The summed E-state index contributed by atoms with van der Waals surface area (Å²) in [4.78, 5) is 0. The van der Waals surface area contributed by atoms with Gasteiger partial charge in [-0.25, -0.2) is 4.39 Å². The van der Waals surface area contributed by atoms with E-state index in [9.17, 15) is 14.6 Å². The zero-order valence-electron chi connectivity index (χ0n) is 13.8. The lowest BCUT2D eigenvalue weighted by Gasteiger charge is -2.29. The number of ether oxygens (including phenoxy) is 3. The minimum absolute atomic E-state index is 0.254. The Morgan fingerprint density at radius 2 is 2.00 bits per heavy atom. The second kappa shape index (κ2) is 7.10. The Labute approximate surface area is 150 Å². The van der Waals surface area contributed by atoms with E-state index in [0.717, 1.165) is 0 Å². The molecule has 0 bridgehead atoms. The van der Waals surface area contributed by atoms with Crippen molar-refractivity contribution >= 4 is 23.0 Å². The largest absolute Gasteiger partial charge is 0.394 e. The van der Waals surface area contributed by atoms with Crippen LogP contribution in [0, 0.1) is 5.82 Å². The fourth-order valence-electron chi connectivity index (χ4n) is 2.98. The van der Waals surface area contributed by atoms with Gasteiger partial charge < -0.3 is 35.1 Å². The number of aliphatic hydroxyl groups excluding tert-OH is 2. The molecule has 2 fully saturated rings. The van der Waals surface area contributed by atoms with Crippen LogP contribution >= 0.6 is 12.2 Å². The molecule has 0 spiro atoms. The van der Waals surface area contributed by atoms with Gasteiger partial charge in [0.25, 0.3) is 0 Å². The topological polar surface area (TPSA) is 92.2 Å². The second-order valence-corrected chi connectivity index (χ2v) is 6.86. The molecule has 0 saturated carbocycles. The molecular weight excluding hydrogens is 351 g/mol. The van der Waals surface area contributed by atoms with Gasteiger partial charge in [-0.2, -0.15) is 0 Å². The molecule has 138 valence electrons. The molecule has 2 aliphatic rings. The van der Waals surface area contributed by atoms with Gasteiger partial charge in [0.1, 0.15) is 24.1 Å². The van der Waals surface area contributed by atoms with E-state index in [1.165, 1.54) is 12.1 Å². The van der Waals surface area contributed by atoms with E-state index in [1.807, 2.05) is 0 Å². The fourth-order valence-corrected chi connectivity index (χ4v) is 3.24. The predicted molar refractivity (Wildman–Crippen MR) is 91.3 cm³/mol. The Hall–Kier alpha value is -1.36. The van der Waals surface area contributed by atoms with Crippen molar-refractivity contribution in [3.05, 3.63) is 30.1 Å². The van der Waals surface area contributed by atoms with Crippen molar-refractivity contribution in [3.63, 3.8) is 0 Å². The first kappa shape index (κ1) is 18.4. The SMILES string of the molecule is CC1(C)O[C@H]2O[C@H]([C@H](O)CO)[C@H](NC(=S)Nc3ccc(F)cc3)[C@H]2O1. The van der Waals surface area contributed by atoms with Gasteiger partial charge in [0, 0.05) is 5.69 Å². The van der Waals surface area contributed by atoms with Crippen LogP contribution in [-0.2, 0) is 14.2 Å². The number of benzene rings is 1. The van der Waals surface area contributed by atoms with Crippen LogP contribution < -0.4 is 10.6 Å². The highest BCUT2D eigenvalue weighted by atomic mass is 32.1. The Bertz CT molecular complexity index is 629. The molecule has 3 rings (SSSR count). The maximum atomic E-state index is 13.0. The van der Waals surface area contributed by atoms with Gasteiger partial charge in [-0.3, -0.25) is 0 Å². The lowest BCUT2D eigenvalue weighted by Crippen LogP contribution is -2.53. The van der Waals surface area contributed by atoms with Crippen LogP contribution in [0.2, 0.25) is 0 Å². The minimum atomic E-state index is -1.12. The van der Waals surface area contributed by atoms with Crippen molar-refractivity contribution in [3.8, 4) is 0 Å². The average Bonchev–Trinajstić information content (AvgIpc) is 3.02. The van der Waals surface area contributed by atoms with E-state index in [0.29, 0.717) is 5.69 Å². The number of rotatable bonds is 4. The molecular formula is C16H21FN2O5S. The Morgan fingerprint density at radius 3 is 2.64 bits per heavy atom. The quantitative estimate of drug-likeness (QED) is 0.575. The molecule has 25 heavy (non-hydrogen) atoms. The summed E-state index contributed by atoms with van der Waals surface area (Å²) < 4.78 is 30.2. The maximum absolute atomic E-state index is 13.0. The maximum Gasteiger partial charge on any atom is 0.189 e. The zero-order chi connectivity index (χ0) is 18.2. The zero-order valence-corrected chi connectivity index (χ0v) is 14.6. The number of nitrogens with one attached hydrogen (secondary N) is 2. The highest BCUT2D eigenvalue weighted by Crippen LogP contribution is 2.38. The molecule has 7 nitrogen and oxygen atoms in total. The molecule has 0 amide bonds. The molecule has 0 aliphatic carbocycles. The molecule has 0 radical (unpaired) electrons. The van der Waals surface area contributed by atoms with E-state index in [1.54, 1.807) is 26.0 Å². The van der Waals surface area contributed by atoms with Crippen LogP contribution in [0.1, 0.15) is 13.8 Å². The van der Waals surface area contributed by atoms with Crippen LogP contribution in [0.3, 0.4) is 0 Å². The van der Waals surface area contributed by atoms with Crippen molar-refractivity contribution in [2.75, 3.05) is 11.9 Å². The molecule has 1 aromatic rings. The third kappa shape index (κ3) is 4.08. The van der Waals surface area contributed by atoms with Crippen molar-refractivity contribution < 1.29 is 28.8 Å². The predicted octanol–water partition coefficient (Wildman–Crippen LogP) is 0.710. The van der Waals surface area contributed by atoms with Crippen LogP contribution in [0.4, 0.5) is 10.1 Å². The molecule has 2 aliphatic heterocycles. The van der Waals surface area contributed by atoms with Crippen LogP contribution in [-0.4, -0.2) is 58.4 Å². The summed E-state index contributed by atoms with van der Waals surface area (Å²) in [7, 11) is 0. The Morgan fingerprint density at radius 1 is 1.32 bits per heavy atom. The standard InChI is InChI=1S/C16H21FN2O5S/c1-16(2)23-13-11(12(10(21)7-20)22-14(13)24-16)19-15(25)18-9-5-3-8(17)4-6-9/h3-6,10-14,20-21H,7H2,1-2H3,(H2,18,19,25)/t10-,11+,12-,13-,14-/m1/s1. The van der Waals surface area contributed by atoms with Crippen molar-refractivity contribution in [2.24, 2.45) is 0 Å². The lowest BCUT2D eigenvalue weighted by molar-refractivity contribution is -0.218. The van der Waals surface area contributed by atoms with Crippen molar-refractivity contribution in [1.29, 1.82) is 0 Å². The summed E-state index contributed by atoms with van der Waals surface area (Å²) in [6.07, 6.45) is -3.06. The second-order valence-electron chi connectivity index (χ2n) is 6.45. The highest BCUT2D eigenvalue weighted by Gasteiger charge is 2.56. The number of anilines is 1. The first-order chi connectivity index (χ1) is 11.8. The smallest absolute Gasteiger partial charge is 0.189 e. The first-order valence-electron chi connectivity index (χ1n) is 7.92. The lowest BCUT2D eigenvalue weighted by atomic mass is 10.0. The molecule has 5 atom stereocenters. The molecule has 0 aromatic heterocycles. The molecule has 9 heteroatoms. The third-order valence-electron chi connectivity index (χ3n) is 4.05. The van der Waals surface area contributed by atoms with Gasteiger partial charge in [-0.1, -0.05) is 0 Å². The van der Waals surface area contributed by atoms with Gasteiger partial charge in [0.15, 0.2) is 17.2 Å². The van der Waals surface area contributed by atoms with E-state index < -0.39 is 43.0 Å². The number of aliphatic hydroxyl groups is 2. The Balaban J connectivity index is 1.70. The monoisotopic (exact) mass is 372 g/mol. The normalized spacial score (nSPS) is 31.4. The number of hydrogen-bond donors (Lipinski definition) is 4. The van der Waals surface area contributed by atoms with Crippen LogP contribution in [0.25, 0.3) is 0 Å². The van der Waals surface area contributed by atoms with Crippen LogP contribution in [0.15, 0.2) is 24.3 Å². The molecule has 4 N–H and O–H groups in total. The van der Waals surface area contributed by atoms with Gasteiger partial charge in [0.05, 0.1) is 12.6 Å². The first-order valence-corrected chi connectivity index (χ1v) is 8.33. The van der Waals surface area contributed by atoms with Gasteiger partial charge in [-0.05, 0) is 50.3 Å². The average molecular weight is 372 g/mol. The Kier molecular flexibility index (Phi) is 5.24. The highest BCUT2D eigenvalue weighted by molar-refractivity contribution is 7.80. The molecule has 2 heterocycles. The van der Waals surface area contributed by atoms with E-state index in [-0.39, 0.29) is 10.9 Å². The van der Waals surface area contributed by atoms with E-state index in [4.69, 9.17) is 26.4 Å². The van der Waals surface area contributed by atoms with Gasteiger partial charge in [0.2, 0.25) is 0 Å². The van der Waals surface area contributed by atoms with E-state index >= 15 is 0 Å². The van der Waals surface area contributed by atoms with Crippen molar-refractivity contribution in [2.45, 2.75) is 50.3 Å². The number of hydrogen-bond acceptors (Lipinski definition) is 6. The van der Waals surface area contributed by atoms with Crippen LogP contribution in [0.5, 0.6) is 0 Å². The van der Waals surface area contributed by atoms with E-state index in [2.05, 4.69) is 10.6 Å². The van der Waals surface area contributed by atoms with Gasteiger partial charge >= 0.3 is 0 Å².